The summed E-state index contributed by atoms with van der Waals surface area (Å²) >= 11 is 1.65. The molecule has 33 heavy (non-hydrogen) atoms. The van der Waals surface area contributed by atoms with E-state index >= 15 is 0 Å². The number of ether oxygens (including phenoxy) is 1. The van der Waals surface area contributed by atoms with Crippen molar-refractivity contribution in [2.24, 2.45) is 0 Å². The maximum atomic E-state index is 12.9. The molecule has 168 valence electrons. The van der Waals surface area contributed by atoms with Crippen LogP contribution in [-0.2, 0) is 21.8 Å². The average Bonchev–Trinajstić information content (AvgIpc) is 3.21. The Bertz CT molecular complexity index is 1220. The van der Waals surface area contributed by atoms with Gasteiger partial charge in [-0.2, -0.15) is 0 Å². The fourth-order valence-corrected chi connectivity index (χ4v) is 4.93. The summed E-state index contributed by atoms with van der Waals surface area (Å²) in [6.45, 7) is 3.50. The third-order valence-corrected chi connectivity index (χ3v) is 6.71. The Morgan fingerprint density at radius 2 is 1.67 bits per heavy atom. The van der Waals surface area contributed by atoms with Crippen molar-refractivity contribution in [3.8, 4) is 0 Å². The summed E-state index contributed by atoms with van der Waals surface area (Å²) in [5.41, 5.74) is 5.03. The van der Waals surface area contributed by atoms with Crippen LogP contribution in [0.1, 0.15) is 5.56 Å². The van der Waals surface area contributed by atoms with Crippen LogP contribution in [0.5, 0.6) is 0 Å². The van der Waals surface area contributed by atoms with Gasteiger partial charge in [-0.05, 0) is 42.0 Å². The minimum atomic E-state index is -0.0705. The zero-order chi connectivity index (χ0) is 22.5. The highest BCUT2D eigenvalue weighted by atomic mass is 32.2. The van der Waals surface area contributed by atoms with Crippen LogP contribution >= 0.6 is 11.8 Å². The zero-order valence-electron chi connectivity index (χ0n) is 18.3. The lowest BCUT2D eigenvalue weighted by molar-refractivity contribution is -0.116. The quantitative estimate of drug-likeness (QED) is 0.403. The number of hydrogen-bond donors (Lipinski definition) is 1. The first-order chi connectivity index (χ1) is 16.3. The van der Waals surface area contributed by atoms with Gasteiger partial charge in [0, 0.05) is 30.2 Å². The van der Waals surface area contributed by atoms with Crippen molar-refractivity contribution in [2.75, 3.05) is 36.5 Å². The van der Waals surface area contributed by atoms with Crippen molar-refractivity contribution < 1.29 is 9.53 Å². The number of amides is 1. The number of rotatable bonds is 7. The average molecular weight is 459 g/mol. The molecule has 0 unspecified atom stereocenters. The fraction of sp³-hybridized carbons (Fsp3) is 0.231. The van der Waals surface area contributed by atoms with Gasteiger partial charge in [0.1, 0.15) is 6.54 Å². The number of carbonyl (C=O) groups excluding carboxylic acids is 1. The van der Waals surface area contributed by atoms with Crippen LogP contribution in [0.4, 0.5) is 11.4 Å². The number of morpholine rings is 1. The van der Waals surface area contributed by atoms with E-state index in [9.17, 15) is 4.79 Å². The van der Waals surface area contributed by atoms with Crippen LogP contribution in [0.15, 0.2) is 84.0 Å². The van der Waals surface area contributed by atoms with Gasteiger partial charge < -0.3 is 19.5 Å². The number of nitrogens with zero attached hydrogens (tertiary/aromatic N) is 3. The van der Waals surface area contributed by atoms with Gasteiger partial charge in [-0.25, -0.2) is 4.98 Å². The molecule has 1 amide bonds. The van der Waals surface area contributed by atoms with Gasteiger partial charge in [-0.15, -0.1) is 0 Å². The Kier molecular flexibility index (Phi) is 6.60. The van der Waals surface area contributed by atoms with E-state index in [-0.39, 0.29) is 12.5 Å². The van der Waals surface area contributed by atoms with E-state index in [1.165, 1.54) is 5.56 Å². The van der Waals surface area contributed by atoms with Crippen LogP contribution in [-0.4, -0.2) is 41.8 Å². The third kappa shape index (κ3) is 5.21. The van der Waals surface area contributed by atoms with E-state index in [1.807, 2.05) is 59.2 Å². The molecule has 4 aromatic rings. The second-order valence-electron chi connectivity index (χ2n) is 7.94. The fourth-order valence-electron chi connectivity index (χ4n) is 3.96. The lowest BCUT2D eigenvalue weighted by Crippen LogP contribution is -2.36. The predicted octanol–water partition coefficient (Wildman–Crippen LogP) is 4.80. The molecule has 5 rings (SSSR count). The van der Waals surface area contributed by atoms with Crippen LogP contribution in [0, 0.1) is 0 Å². The molecule has 6 nitrogen and oxygen atoms in total. The van der Waals surface area contributed by atoms with Gasteiger partial charge in [-0.1, -0.05) is 54.2 Å². The molecule has 1 aliphatic rings. The first kappa shape index (κ1) is 21.6. The maximum absolute atomic E-state index is 12.9. The Labute approximate surface area is 197 Å². The Morgan fingerprint density at radius 1 is 0.939 bits per heavy atom. The standard InChI is InChI=1S/C26H26N4O2S/c31-25(27-21-10-12-22(13-11-21)29-14-16-32-17-15-29)18-30-24-9-5-4-8-23(24)28-26(30)33-19-20-6-2-1-3-7-20/h1-13H,14-19H2,(H,27,31). The second-order valence-corrected chi connectivity index (χ2v) is 8.88. The maximum Gasteiger partial charge on any atom is 0.244 e. The molecule has 1 aromatic heterocycles. The Hall–Kier alpha value is -3.29. The summed E-state index contributed by atoms with van der Waals surface area (Å²) in [5.74, 6) is 0.730. The van der Waals surface area contributed by atoms with Gasteiger partial charge in [0.15, 0.2) is 5.16 Å². The minimum absolute atomic E-state index is 0.0705. The zero-order valence-corrected chi connectivity index (χ0v) is 19.1. The number of para-hydroxylation sites is 2. The van der Waals surface area contributed by atoms with Crippen LogP contribution in [0.2, 0.25) is 0 Å². The number of hydrogen-bond acceptors (Lipinski definition) is 5. The topological polar surface area (TPSA) is 59.4 Å². The molecular weight excluding hydrogens is 432 g/mol. The van der Waals surface area contributed by atoms with Crippen molar-refractivity contribution in [2.45, 2.75) is 17.5 Å². The first-order valence-electron chi connectivity index (χ1n) is 11.1. The van der Waals surface area contributed by atoms with Gasteiger partial charge in [-0.3, -0.25) is 4.79 Å². The van der Waals surface area contributed by atoms with Gasteiger partial charge >= 0.3 is 0 Å². The predicted molar refractivity (Wildman–Crippen MR) is 134 cm³/mol. The molecule has 1 saturated heterocycles. The highest BCUT2D eigenvalue weighted by Crippen LogP contribution is 2.27. The van der Waals surface area contributed by atoms with E-state index in [0.717, 1.165) is 59.6 Å². The number of anilines is 2. The van der Waals surface area contributed by atoms with E-state index in [2.05, 4.69) is 34.5 Å². The second kappa shape index (κ2) is 10.1. The van der Waals surface area contributed by atoms with Crippen molar-refractivity contribution in [3.63, 3.8) is 0 Å². The van der Waals surface area contributed by atoms with E-state index in [4.69, 9.17) is 9.72 Å². The Morgan fingerprint density at radius 3 is 2.45 bits per heavy atom. The molecule has 0 radical (unpaired) electrons. The number of fused-ring (bicyclic) bond motifs is 1. The number of aromatic nitrogens is 2. The molecule has 0 atom stereocenters. The smallest absolute Gasteiger partial charge is 0.244 e. The summed E-state index contributed by atoms with van der Waals surface area (Å²) in [4.78, 5) is 20.0. The normalized spacial score (nSPS) is 13.9. The number of benzene rings is 3. The summed E-state index contributed by atoms with van der Waals surface area (Å²) in [5, 5.41) is 3.88. The first-order valence-corrected chi connectivity index (χ1v) is 12.1. The SMILES string of the molecule is O=C(Cn1c(SCc2ccccc2)nc2ccccc21)Nc1ccc(N2CCOCC2)cc1. The lowest BCUT2D eigenvalue weighted by Gasteiger charge is -2.28. The molecule has 0 bridgehead atoms. The van der Waals surface area contributed by atoms with E-state index < -0.39 is 0 Å². The molecule has 0 spiro atoms. The number of imidazole rings is 1. The van der Waals surface area contributed by atoms with Crippen LogP contribution < -0.4 is 10.2 Å². The van der Waals surface area contributed by atoms with Crippen LogP contribution in [0.3, 0.4) is 0 Å². The molecule has 2 heterocycles. The monoisotopic (exact) mass is 458 g/mol. The highest BCUT2D eigenvalue weighted by Gasteiger charge is 2.15. The number of thioether (sulfide) groups is 1. The molecule has 0 aliphatic carbocycles. The Balaban J connectivity index is 1.29. The minimum Gasteiger partial charge on any atom is -0.378 e. The summed E-state index contributed by atoms with van der Waals surface area (Å²) in [6.07, 6.45) is 0. The highest BCUT2D eigenvalue weighted by molar-refractivity contribution is 7.98. The van der Waals surface area contributed by atoms with Crippen molar-refractivity contribution in [1.82, 2.24) is 9.55 Å². The van der Waals surface area contributed by atoms with Crippen molar-refractivity contribution in [3.05, 3.63) is 84.4 Å². The molecule has 1 N–H and O–H groups in total. The molecule has 3 aromatic carbocycles. The van der Waals surface area contributed by atoms with Crippen molar-refractivity contribution in [1.29, 1.82) is 0 Å². The molecular formula is C26H26N4O2S. The van der Waals surface area contributed by atoms with Gasteiger partial charge in [0.25, 0.3) is 0 Å². The van der Waals surface area contributed by atoms with Gasteiger partial charge in [0.05, 0.1) is 24.2 Å². The van der Waals surface area contributed by atoms with Crippen molar-refractivity contribution >= 4 is 40.1 Å². The number of nitrogens with one attached hydrogen (secondary N) is 1. The summed E-state index contributed by atoms with van der Waals surface area (Å²) < 4.78 is 7.42. The summed E-state index contributed by atoms with van der Waals surface area (Å²) in [6, 6.07) is 26.3. The molecule has 7 heteroatoms. The molecule has 0 saturated carbocycles. The summed E-state index contributed by atoms with van der Waals surface area (Å²) in [7, 11) is 0. The lowest BCUT2D eigenvalue weighted by atomic mass is 10.2. The molecule has 1 aliphatic heterocycles. The van der Waals surface area contributed by atoms with E-state index in [1.54, 1.807) is 11.8 Å². The van der Waals surface area contributed by atoms with Gasteiger partial charge in [0.2, 0.25) is 5.91 Å². The van der Waals surface area contributed by atoms with Crippen LogP contribution in [0.25, 0.3) is 11.0 Å². The van der Waals surface area contributed by atoms with E-state index in [0.29, 0.717) is 0 Å². The third-order valence-electron chi connectivity index (χ3n) is 5.66. The molecule has 1 fully saturated rings. The number of carbonyl (C=O) groups is 1. The largest absolute Gasteiger partial charge is 0.378 e.